The lowest BCUT2D eigenvalue weighted by molar-refractivity contribution is -0.147. The molecule has 3 atom stereocenters. The second-order valence-corrected chi connectivity index (χ2v) is 9.83. The van der Waals surface area contributed by atoms with Crippen LogP contribution < -0.4 is 5.32 Å². The Kier molecular flexibility index (Phi) is 6.75. The number of nitrogens with one attached hydrogen (secondary N) is 1. The number of halogens is 1. The molecule has 180 valence electrons. The Bertz CT molecular complexity index is 1080. The number of nitrogens with zero attached hydrogens (tertiary/aromatic N) is 1. The third-order valence-electron chi connectivity index (χ3n) is 6.13. The zero-order valence-electron chi connectivity index (χ0n) is 19.8. The van der Waals surface area contributed by atoms with Crippen LogP contribution >= 0.6 is 0 Å². The standard InChI is InChI=1S/C27H31FN2O4/c1-17-16-33-23(15-22(17)29-26(32)34-27(2,3)4)25(31)30-14-13-18-7-5-6-8-21(18)24(30)19-9-11-20(28)12-10-19/h5-12,22-24H,1,13-16H2,2-4H3,(H,29,32)/t22-,23+,24-/m0/s1. The molecule has 1 fully saturated rings. The normalized spacial score (nSPS) is 22.6. The Morgan fingerprint density at radius 1 is 1.15 bits per heavy atom. The largest absolute Gasteiger partial charge is 0.444 e. The fraction of sp³-hybridized carbons (Fsp3) is 0.407. The molecule has 34 heavy (non-hydrogen) atoms. The second-order valence-electron chi connectivity index (χ2n) is 9.83. The summed E-state index contributed by atoms with van der Waals surface area (Å²) in [6, 6.07) is 13.5. The van der Waals surface area contributed by atoms with Gasteiger partial charge in [0.15, 0.2) is 0 Å². The van der Waals surface area contributed by atoms with E-state index < -0.39 is 23.8 Å². The van der Waals surface area contributed by atoms with Gasteiger partial charge in [0.25, 0.3) is 5.91 Å². The quantitative estimate of drug-likeness (QED) is 0.675. The van der Waals surface area contributed by atoms with E-state index in [-0.39, 0.29) is 30.8 Å². The Labute approximate surface area is 199 Å². The molecule has 0 aromatic heterocycles. The highest BCUT2D eigenvalue weighted by atomic mass is 19.1. The van der Waals surface area contributed by atoms with Crippen LogP contribution in [0.4, 0.5) is 9.18 Å². The molecule has 6 nitrogen and oxygen atoms in total. The number of amides is 2. The van der Waals surface area contributed by atoms with Crippen LogP contribution in [0.1, 0.15) is 49.9 Å². The highest BCUT2D eigenvalue weighted by Crippen LogP contribution is 2.36. The number of carbonyl (C=O) groups is 2. The van der Waals surface area contributed by atoms with E-state index in [1.165, 1.54) is 17.7 Å². The van der Waals surface area contributed by atoms with Crippen LogP contribution in [-0.4, -0.2) is 47.8 Å². The van der Waals surface area contributed by atoms with Crippen molar-refractivity contribution in [2.75, 3.05) is 13.2 Å². The molecular weight excluding hydrogens is 435 g/mol. The number of rotatable bonds is 3. The number of hydrogen-bond acceptors (Lipinski definition) is 4. The maximum absolute atomic E-state index is 13.7. The van der Waals surface area contributed by atoms with Crippen LogP contribution in [0.25, 0.3) is 0 Å². The van der Waals surface area contributed by atoms with Crippen LogP contribution in [0.3, 0.4) is 0 Å². The smallest absolute Gasteiger partial charge is 0.408 e. The summed E-state index contributed by atoms with van der Waals surface area (Å²) >= 11 is 0. The molecule has 2 aromatic rings. The maximum Gasteiger partial charge on any atom is 0.408 e. The lowest BCUT2D eigenvalue weighted by Gasteiger charge is -2.41. The summed E-state index contributed by atoms with van der Waals surface area (Å²) in [6.45, 7) is 10.1. The summed E-state index contributed by atoms with van der Waals surface area (Å²) < 4.78 is 24.9. The molecule has 2 aliphatic rings. The lowest BCUT2D eigenvalue weighted by Crippen LogP contribution is -2.52. The number of benzene rings is 2. The summed E-state index contributed by atoms with van der Waals surface area (Å²) in [5.41, 5.74) is 3.09. The maximum atomic E-state index is 13.7. The van der Waals surface area contributed by atoms with Gasteiger partial charge < -0.3 is 19.7 Å². The predicted octanol–water partition coefficient (Wildman–Crippen LogP) is 4.54. The highest BCUT2D eigenvalue weighted by Gasteiger charge is 2.39. The van der Waals surface area contributed by atoms with Gasteiger partial charge >= 0.3 is 6.09 Å². The third kappa shape index (κ3) is 5.30. The molecule has 2 amide bonds. The first-order chi connectivity index (χ1) is 16.1. The number of fused-ring (bicyclic) bond motifs is 1. The van der Waals surface area contributed by atoms with Gasteiger partial charge in [0, 0.05) is 13.0 Å². The van der Waals surface area contributed by atoms with Gasteiger partial charge in [-0.05, 0) is 61.6 Å². The Morgan fingerprint density at radius 3 is 2.56 bits per heavy atom. The van der Waals surface area contributed by atoms with E-state index in [9.17, 15) is 14.0 Å². The summed E-state index contributed by atoms with van der Waals surface area (Å²) in [5.74, 6) is -0.483. The molecule has 7 heteroatoms. The average molecular weight is 467 g/mol. The zero-order chi connectivity index (χ0) is 24.5. The van der Waals surface area contributed by atoms with E-state index in [2.05, 4.69) is 18.0 Å². The van der Waals surface area contributed by atoms with Crippen molar-refractivity contribution in [1.82, 2.24) is 10.2 Å². The monoisotopic (exact) mass is 466 g/mol. The summed E-state index contributed by atoms with van der Waals surface area (Å²) in [5, 5.41) is 2.82. The molecule has 2 heterocycles. The van der Waals surface area contributed by atoms with Crippen LogP contribution in [0.5, 0.6) is 0 Å². The van der Waals surface area contributed by atoms with E-state index in [0.717, 1.165) is 17.5 Å². The lowest BCUT2D eigenvalue weighted by atomic mass is 9.87. The number of hydrogen-bond donors (Lipinski definition) is 1. The van der Waals surface area contributed by atoms with Crippen LogP contribution in [0, 0.1) is 5.82 Å². The summed E-state index contributed by atoms with van der Waals surface area (Å²) in [4.78, 5) is 27.8. The van der Waals surface area contributed by atoms with Gasteiger partial charge in [-0.1, -0.05) is 43.0 Å². The summed E-state index contributed by atoms with van der Waals surface area (Å²) in [6.07, 6.45) is -0.300. The molecule has 1 N–H and O–H groups in total. The molecule has 0 aliphatic carbocycles. The predicted molar refractivity (Wildman–Crippen MR) is 127 cm³/mol. The summed E-state index contributed by atoms with van der Waals surface area (Å²) in [7, 11) is 0. The van der Waals surface area contributed by atoms with Crippen molar-refractivity contribution in [1.29, 1.82) is 0 Å². The first kappa shape index (κ1) is 24.0. The van der Waals surface area contributed by atoms with Crippen molar-refractivity contribution in [3.05, 3.63) is 83.2 Å². The van der Waals surface area contributed by atoms with Gasteiger partial charge in [0.05, 0.1) is 18.7 Å². The van der Waals surface area contributed by atoms with Crippen molar-refractivity contribution in [3.8, 4) is 0 Å². The van der Waals surface area contributed by atoms with Crippen molar-refractivity contribution in [2.24, 2.45) is 0 Å². The van der Waals surface area contributed by atoms with Crippen molar-refractivity contribution in [3.63, 3.8) is 0 Å². The van der Waals surface area contributed by atoms with Crippen molar-refractivity contribution >= 4 is 12.0 Å². The molecule has 0 radical (unpaired) electrons. The number of ether oxygens (including phenoxy) is 2. The zero-order valence-corrected chi connectivity index (χ0v) is 19.8. The topological polar surface area (TPSA) is 67.9 Å². The van der Waals surface area contributed by atoms with Crippen LogP contribution in [0.2, 0.25) is 0 Å². The second kappa shape index (κ2) is 9.58. The SMILES string of the molecule is C=C1CO[C@@H](C(=O)N2CCc3ccccc3[C@@H]2c2ccc(F)cc2)C[C@@H]1NC(=O)OC(C)(C)C. The molecule has 0 spiro atoms. The first-order valence-electron chi connectivity index (χ1n) is 11.5. The molecule has 4 rings (SSSR count). The fourth-order valence-electron chi connectivity index (χ4n) is 4.53. The van der Waals surface area contributed by atoms with E-state index in [0.29, 0.717) is 12.1 Å². The third-order valence-corrected chi connectivity index (χ3v) is 6.13. The van der Waals surface area contributed by atoms with Gasteiger partial charge in [0.1, 0.15) is 17.5 Å². The van der Waals surface area contributed by atoms with Gasteiger partial charge in [-0.25, -0.2) is 9.18 Å². The Balaban J connectivity index is 1.56. The van der Waals surface area contributed by atoms with E-state index in [1.54, 1.807) is 37.8 Å². The van der Waals surface area contributed by atoms with Gasteiger partial charge in [0.2, 0.25) is 0 Å². The van der Waals surface area contributed by atoms with Gasteiger partial charge in [-0.3, -0.25) is 4.79 Å². The Morgan fingerprint density at radius 2 is 1.85 bits per heavy atom. The minimum Gasteiger partial charge on any atom is -0.444 e. The molecule has 1 saturated heterocycles. The highest BCUT2D eigenvalue weighted by molar-refractivity contribution is 5.83. The molecule has 0 unspecified atom stereocenters. The number of alkyl carbamates (subject to hydrolysis) is 1. The van der Waals surface area contributed by atoms with Gasteiger partial charge in [-0.15, -0.1) is 0 Å². The molecule has 0 saturated carbocycles. The minimum atomic E-state index is -0.737. The molecule has 0 bridgehead atoms. The average Bonchev–Trinajstić information content (AvgIpc) is 2.79. The minimum absolute atomic E-state index is 0.160. The van der Waals surface area contributed by atoms with Crippen LogP contribution in [0.15, 0.2) is 60.7 Å². The Hall–Kier alpha value is -3.19. The number of carbonyl (C=O) groups excluding carboxylic acids is 2. The van der Waals surface area contributed by atoms with E-state index >= 15 is 0 Å². The fourth-order valence-corrected chi connectivity index (χ4v) is 4.53. The van der Waals surface area contributed by atoms with Gasteiger partial charge in [-0.2, -0.15) is 0 Å². The van der Waals surface area contributed by atoms with Crippen molar-refractivity contribution < 1.29 is 23.5 Å². The van der Waals surface area contributed by atoms with Crippen molar-refractivity contribution in [2.45, 2.75) is 57.4 Å². The van der Waals surface area contributed by atoms with E-state index in [4.69, 9.17) is 9.47 Å². The van der Waals surface area contributed by atoms with E-state index in [1.807, 2.05) is 18.2 Å². The van der Waals surface area contributed by atoms with Crippen LogP contribution in [-0.2, 0) is 20.7 Å². The first-order valence-corrected chi connectivity index (χ1v) is 11.5. The molecule has 2 aliphatic heterocycles. The molecule has 2 aromatic carbocycles. The molecular formula is C27H31FN2O4.